The van der Waals surface area contributed by atoms with Crippen LogP contribution in [0.2, 0.25) is 0 Å². The zero-order valence-electron chi connectivity index (χ0n) is 21.0. The zero-order chi connectivity index (χ0) is 22.2. The van der Waals surface area contributed by atoms with Gasteiger partial charge in [0.25, 0.3) is 0 Å². The summed E-state index contributed by atoms with van der Waals surface area (Å²) in [4.78, 5) is 0. The number of rotatable bonds is 25. The minimum atomic E-state index is 0.218. The zero-order valence-corrected chi connectivity index (χ0v) is 21.0. The van der Waals surface area contributed by atoms with Crippen molar-refractivity contribution >= 4 is 0 Å². The lowest BCUT2D eigenvalue weighted by molar-refractivity contribution is -0.910. The summed E-state index contributed by atoms with van der Waals surface area (Å²) in [6.45, 7) is 5.34. The van der Waals surface area contributed by atoms with E-state index in [1.165, 1.54) is 128 Å². The Bertz CT molecular complexity index is 316. The van der Waals surface area contributed by atoms with Crippen LogP contribution in [0.25, 0.3) is 0 Å². The number of hydrogen-bond donors (Lipinski definition) is 2. The van der Waals surface area contributed by atoms with Crippen molar-refractivity contribution in [3.8, 4) is 0 Å². The normalized spacial score (nSPS) is 12.0. The van der Waals surface area contributed by atoms with Crippen molar-refractivity contribution in [2.24, 2.45) is 0 Å². The third-order valence-corrected chi connectivity index (χ3v) is 6.83. The number of likely N-dealkylation sites (N-methyl/N-ethyl adjacent to an activating group) is 1. The van der Waals surface area contributed by atoms with Gasteiger partial charge in [-0.05, 0) is 12.8 Å². The summed E-state index contributed by atoms with van der Waals surface area (Å²) in [6, 6.07) is 0. The Morgan fingerprint density at radius 2 is 0.667 bits per heavy atom. The second-order valence-corrected chi connectivity index (χ2v) is 9.96. The Morgan fingerprint density at radius 1 is 0.400 bits per heavy atom. The summed E-state index contributed by atoms with van der Waals surface area (Å²) in [7, 11) is 2.15. The fraction of sp³-hybridized carbons (Fsp3) is 1.00. The lowest BCUT2D eigenvalue weighted by atomic mass is 10.0. The van der Waals surface area contributed by atoms with Gasteiger partial charge >= 0.3 is 0 Å². The largest absolute Gasteiger partial charge is 0.391 e. The van der Waals surface area contributed by atoms with E-state index in [4.69, 9.17) is 0 Å². The van der Waals surface area contributed by atoms with Gasteiger partial charge in [-0.1, -0.05) is 122 Å². The van der Waals surface area contributed by atoms with Crippen LogP contribution in [0.5, 0.6) is 0 Å². The number of aliphatic hydroxyl groups is 2. The molecule has 0 aliphatic carbocycles. The van der Waals surface area contributed by atoms with Gasteiger partial charge in [-0.2, -0.15) is 0 Å². The van der Waals surface area contributed by atoms with E-state index >= 15 is 0 Å². The van der Waals surface area contributed by atoms with Gasteiger partial charge in [0, 0.05) is 0 Å². The quantitative estimate of drug-likeness (QED) is 0.119. The van der Waals surface area contributed by atoms with Crippen molar-refractivity contribution in [3.05, 3.63) is 0 Å². The molecule has 0 radical (unpaired) electrons. The molecular formula is C27H58NO2+. The fourth-order valence-electron chi connectivity index (χ4n) is 4.57. The first-order valence-electron chi connectivity index (χ1n) is 13.7. The van der Waals surface area contributed by atoms with E-state index in [1.807, 2.05) is 0 Å². The maximum Gasteiger partial charge on any atom is 0.102 e. The Kier molecular flexibility index (Phi) is 23.4. The predicted octanol–water partition coefficient (Wildman–Crippen LogP) is 7.24. The van der Waals surface area contributed by atoms with Crippen LogP contribution in [-0.4, -0.2) is 54.6 Å². The molecule has 0 amide bonds. The summed E-state index contributed by atoms with van der Waals surface area (Å²) in [6.07, 6.45) is 28.3. The Morgan fingerprint density at radius 3 is 0.933 bits per heavy atom. The lowest BCUT2D eigenvalue weighted by Gasteiger charge is -2.33. The molecule has 3 nitrogen and oxygen atoms in total. The smallest absolute Gasteiger partial charge is 0.102 e. The molecule has 0 aliphatic heterocycles. The van der Waals surface area contributed by atoms with Gasteiger partial charge in [0.1, 0.15) is 13.1 Å². The maximum atomic E-state index is 9.20. The molecule has 182 valence electrons. The van der Waals surface area contributed by atoms with Crippen molar-refractivity contribution in [1.29, 1.82) is 0 Å². The molecule has 0 saturated heterocycles. The maximum absolute atomic E-state index is 9.20. The van der Waals surface area contributed by atoms with Crippen molar-refractivity contribution in [3.63, 3.8) is 0 Å². The van der Waals surface area contributed by atoms with Gasteiger partial charge in [0.05, 0.1) is 26.8 Å². The van der Waals surface area contributed by atoms with Crippen molar-refractivity contribution in [2.45, 2.75) is 135 Å². The standard InChI is InChI=1S/C27H58NO2/c1-3-4-5-6-7-8-9-10-11-12-13-14-15-16-17-18-19-20-21-22-23-28(2,24-26-29)25-27-30/h29-30H,3-27H2,1-2H3/q+1. The van der Waals surface area contributed by atoms with E-state index in [9.17, 15) is 10.2 Å². The molecule has 0 aliphatic rings. The molecule has 0 aromatic heterocycles. The summed E-state index contributed by atoms with van der Waals surface area (Å²) < 4.78 is 0.812. The van der Waals surface area contributed by atoms with E-state index in [0.29, 0.717) is 0 Å². The monoisotopic (exact) mass is 428 g/mol. The molecule has 30 heavy (non-hydrogen) atoms. The van der Waals surface area contributed by atoms with Crippen molar-refractivity contribution < 1.29 is 14.7 Å². The number of aliphatic hydroxyl groups excluding tert-OH is 2. The topological polar surface area (TPSA) is 40.5 Å². The van der Waals surface area contributed by atoms with E-state index in [-0.39, 0.29) is 13.2 Å². The van der Waals surface area contributed by atoms with Crippen molar-refractivity contribution in [1.82, 2.24) is 0 Å². The average Bonchev–Trinajstić information content (AvgIpc) is 2.72. The Hall–Kier alpha value is -0.120. The molecule has 0 rings (SSSR count). The molecule has 0 unspecified atom stereocenters. The molecule has 0 atom stereocenters. The molecule has 0 aromatic carbocycles. The second kappa shape index (κ2) is 23.5. The minimum Gasteiger partial charge on any atom is -0.391 e. The van der Waals surface area contributed by atoms with Gasteiger partial charge in [-0.3, -0.25) is 0 Å². The molecular weight excluding hydrogens is 370 g/mol. The van der Waals surface area contributed by atoms with Gasteiger partial charge in [-0.15, -0.1) is 0 Å². The summed E-state index contributed by atoms with van der Waals surface area (Å²) in [5.41, 5.74) is 0. The number of quaternary nitrogens is 1. The fourth-order valence-corrected chi connectivity index (χ4v) is 4.57. The van der Waals surface area contributed by atoms with Crippen LogP contribution < -0.4 is 0 Å². The van der Waals surface area contributed by atoms with Crippen LogP contribution in [0.4, 0.5) is 0 Å². The van der Waals surface area contributed by atoms with Crippen LogP contribution in [0.3, 0.4) is 0 Å². The number of hydrogen-bond acceptors (Lipinski definition) is 2. The Balaban J connectivity index is 3.21. The molecule has 0 spiro atoms. The van der Waals surface area contributed by atoms with Crippen LogP contribution in [0.15, 0.2) is 0 Å². The molecule has 3 heteroatoms. The summed E-state index contributed by atoms with van der Waals surface area (Å²) in [5.74, 6) is 0. The van der Waals surface area contributed by atoms with Gasteiger partial charge in [-0.25, -0.2) is 0 Å². The van der Waals surface area contributed by atoms with Crippen LogP contribution in [0, 0.1) is 0 Å². The van der Waals surface area contributed by atoms with E-state index in [1.54, 1.807) is 0 Å². The SMILES string of the molecule is CCCCCCCCCCCCCCCCCCCCCC[N+](C)(CCO)CCO. The molecule has 0 heterocycles. The molecule has 0 saturated carbocycles. The highest BCUT2D eigenvalue weighted by atomic mass is 16.3. The highest BCUT2D eigenvalue weighted by molar-refractivity contribution is 4.51. The molecule has 2 N–H and O–H groups in total. The first-order chi connectivity index (χ1) is 14.7. The first-order valence-corrected chi connectivity index (χ1v) is 13.7. The van der Waals surface area contributed by atoms with Gasteiger partial charge < -0.3 is 14.7 Å². The third-order valence-electron chi connectivity index (χ3n) is 6.83. The summed E-state index contributed by atoms with van der Waals surface area (Å²) >= 11 is 0. The molecule has 0 aromatic rings. The van der Waals surface area contributed by atoms with E-state index in [2.05, 4.69) is 14.0 Å². The summed E-state index contributed by atoms with van der Waals surface area (Å²) in [5, 5.41) is 18.4. The Labute approximate surface area is 190 Å². The average molecular weight is 429 g/mol. The van der Waals surface area contributed by atoms with E-state index < -0.39 is 0 Å². The predicted molar refractivity (Wildman–Crippen MR) is 133 cm³/mol. The number of nitrogens with zero attached hydrogens (tertiary/aromatic N) is 1. The van der Waals surface area contributed by atoms with Crippen LogP contribution >= 0.6 is 0 Å². The first kappa shape index (κ1) is 29.9. The lowest BCUT2D eigenvalue weighted by Crippen LogP contribution is -2.48. The number of unbranched alkanes of at least 4 members (excludes halogenated alkanes) is 19. The molecule has 0 fully saturated rings. The minimum absolute atomic E-state index is 0.218. The van der Waals surface area contributed by atoms with Gasteiger partial charge in [0.15, 0.2) is 0 Å². The van der Waals surface area contributed by atoms with Crippen LogP contribution in [0.1, 0.15) is 135 Å². The highest BCUT2D eigenvalue weighted by Gasteiger charge is 2.19. The van der Waals surface area contributed by atoms with Crippen LogP contribution in [-0.2, 0) is 0 Å². The molecule has 0 bridgehead atoms. The van der Waals surface area contributed by atoms with Gasteiger partial charge in [0.2, 0.25) is 0 Å². The third kappa shape index (κ3) is 21.1. The highest BCUT2D eigenvalue weighted by Crippen LogP contribution is 2.15. The van der Waals surface area contributed by atoms with Crippen molar-refractivity contribution in [2.75, 3.05) is 39.9 Å². The van der Waals surface area contributed by atoms with E-state index in [0.717, 1.165) is 24.1 Å². The second-order valence-electron chi connectivity index (χ2n) is 9.96.